The minimum Gasteiger partial charge on any atom is -0.328 e. The second-order valence-corrected chi connectivity index (χ2v) is 12.0. The molecular formula is C25H47N3. The second kappa shape index (κ2) is 8.45. The summed E-state index contributed by atoms with van der Waals surface area (Å²) in [5.74, 6) is 0.400. The average molecular weight is 390 g/mol. The Morgan fingerprint density at radius 3 is 1.68 bits per heavy atom. The van der Waals surface area contributed by atoms with E-state index in [0.717, 1.165) is 19.3 Å². The van der Waals surface area contributed by atoms with Crippen LogP contribution in [-0.4, -0.2) is 17.1 Å². The minimum absolute atomic E-state index is 0.0341. The van der Waals surface area contributed by atoms with Crippen molar-refractivity contribution in [3.63, 3.8) is 0 Å². The van der Waals surface area contributed by atoms with Crippen molar-refractivity contribution in [2.45, 2.75) is 122 Å². The molecule has 0 amide bonds. The zero-order valence-corrected chi connectivity index (χ0v) is 20.2. The van der Waals surface area contributed by atoms with Crippen molar-refractivity contribution in [3.05, 3.63) is 34.9 Å². The molecule has 1 aromatic carbocycles. The lowest BCUT2D eigenvalue weighted by molar-refractivity contribution is 0.321. The molecule has 3 heteroatoms. The highest BCUT2D eigenvalue weighted by molar-refractivity contribution is 5.46. The van der Waals surface area contributed by atoms with Crippen LogP contribution in [0.3, 0.4) is 0 Å². The van der Waals surface area contributed by atoms with Crippen molar-refractivity contribution in [3.8, 4) is 0 Å². The summed E-state index contributed by atoms with van der Waals surface area (Å²) >= 11 is 0. The molecule has 28 heavy (non-hydrogen) atoms. The highest BCUT2D eigenvalue weighted by atomic mass is 14.7. The average Bonchev–Trinajstić information content (AvgIpc) is 2.40. The minimum atomic E-state index is -0.241. The molecule has 1 aromatic rings. The monoisotopic (exact) mass is 389 g/mol. The topological polar surface area (TPSA) is 78.1 Å². The highest BCUT2D eigenvalue weighted by Crippen LogP contribution is 2.44. The molecule has 6 N–H and O–H groups in total. The maximum atomic E-state index is 6.49. The molecule has 0 saturated heterocycles. The van der Waals surface area contributed by atoms with Gasteiger partial charge in [0.05, 0.1) is 0 Å². The normalized spacial score (nSPS) is 16.2. The number of benzene rings is 1. The summed E-state index contributed by atoms with van der Waals surface area (Å²) in [7, 11) is 0. The largest absolute Gasteiger partial charge is 0.328 e. The van der Waals surface area contributed by atoms with Gasteiger partial charge in [0, 0.05) is 17.1 Å². The molecule has 0 radical (unpaired) electrons. The van der Waals surface area contributed by atoms with E-state index in [9.17, 15) is 0 Å². The first-order valence-electron chi connectivity index (χ1n) is 10.8. The lowest BCUT2D eigenvalue weighted by Gasteiger charge is -2.42. The van der Waals surface area contributed by atoms with Gasteiger partial charge in [0.15, 0.2) is 0 Å². The van der Waals surface area contributed by atoms with Crippen molar-refractivity contribution in [1.82, 2.24) is 0 Å². The van der Waals surface area contributed by atoms with Gasteiger partial charge in [-0.15, -0.1) is 0 Å². The Hall–Kier alpha value is -0.900. The van der Waals surface area contributed by atoms with Gasteiger partial charge in [0.1, 0.15) is 0 Å². The molecular weight excluding hydrogens is 342 g/mol. The van der Waals surface area contributed by atoms with Crippen LogP contribution in [0.1, 0.15) is 111 Å². The van der Waals surface area contributed by atoms with E-state index in [1.807, 2.05) is 0 Å². The first kappa shape index (κ1) is 25.1. The number of hydrogen-bond donors (Lipinski definition) is 3. The molecule has 0 spiro atoms. The number of nitrogens with two attached hydrogens (primary N) is 3. The zero-order chi connectivity index (χ0) is 22.1. The quantitative estimate of drug-likeness (QED) is 0.533. The Kier molecular flexibility index (Phi) is 7.59. The van der Waals surface area contributed by atoms with E-state index in [-0.39, 0.29) is 27.9 Å². The molecule has 0 aliphatic carbocycles. The van der Waals surface area contributed by atoms with E-state index in [1.54, 1.807) is 0 Å². The van der Waals surface area contributed by atoms with E-state index in [1.165, 1.54) is 16.7 Å². The van der Waals surface area contributed by atoms with E-state index >= 15 is 0 Å². The Morgan fingerprint density at radius 1 is 0.786 bits per heavy atom. The predicted molar refractivity (Wildman–Crippen MR) is 125 cm³/mol. The zero-order valence-electron chi connectivity index (χ0n) is 20.2. The van der Waals surface area contributed by atoms with Gasteiger partial charge >= 0.3 is 0 Å². The van der Waals surface area contributed by atoms with Gasteiger partial charge in [-0.05, 0) is 87.3 Å². The Bertz CT molecular complexity index is 643. The van der Waals surface area contributed by atoms with Crippen LogP contribution in [0.25, 0.3) is 0 Å². The molecule has 0 fully saturated rings. The molecule has 1 rings (SSSR count). The third kappa shape index (κ3) is 7.17. The summed E-state index contributed by atoms with van der Waals surface area (Å²) in [4.78, 5) is 0. The highest BCUT2D eigenvalue weighted by Gasteiger charge is 2.37. The van der Waals surface area contributed by atoms with Crippen LogP contribution in [-0.2, 0) is 10.8 Å². The summed E-state index contributed by atoms with van der Waals surface area (Å²) in [6.45, 7) is 22.2. The van der Waals surface area contributed by atoms with Crippen LogP contribution in [0, 0.1) is 0 Å². The molecule has 0 aliphatic rings. The SMILES string of the molecule is CC(N)CC(C)c1cccc(C(C)(C)CC(C)(C)N)c1C(C)(C)CC(C)(C)N. The van der Waals surface area contributed by atoms with Gasteiger partial charge in [-0.2, -0.15) is 0 Å². The van der Waals surface area contributed by atoms with Gasteiger partial charge in [-0.1, -0.05) is 52.8 Å². The Labute approximate surface area is 174 Å². The summed E-state index contributed by atoms with van der Waals surface area (Å²) in [6, 6.07) is 6.98. The molecule has 0 heterocycles. The van der Waals surface area contributed by atoms with Crippen molar-refractivity contribution in [1.29, 1.82) is 0 Å². The van der Waals surface area contributed by atoms with Crippen molar-refractivity contribution in [2.75, 3.05) is 0 Å². The standard InChI is InChI=1S/C25H47N3/c1-17(14-18(2)26)19-12-11-13-20(22(3,4)15-24(7,8)27)21(19)23(5,6)16-25(9,10)28/h11-13,17-18H,14-16,26-28H2,1-10H3. The maximum Gasteiger partial charge on any atom is 0.0105 e. The van der Waals surface area contributed by atoms with Gasteiger partial charge in [0.2, 0.25) is 0 Å². The smallest absolute Gasteiger partial charge is 0.0105 e. The van der Waals surface area contributed by atoms with Crippen molar-refractivity contribution < 1.29 is 0 Å². The third-order valence-electron chi connectivity index (χ3n) is 5.55. The molecule has 2 unspecified atom stereocenters. The van der Waals surface area contributed by atoms with Gasteiger partial charge in [0.25, 0.3) is 0 Å². The van der Waals surface area contributed by atoms with E-state index in [2.05, 4.69) is 87.4 Å². The molecule has 2 atom stereocenters. The van der Waals surface area contributed by atoms with E-state index in [0.29, 0.717) is 5.92 Å². The van der Waals surface area contributed by atoms with Crippen LogP contribution in [0.15, 0.2) is 18.2 Å². The number of hydrogen-bond acceptors (Lipinski definition) is 3. The van der Waals surface area contributed by atoms with E-state index in [4.69, 9.17) is 17.2 Å². The predicted octanol–water partition coefficient (Wildman–Crippen LogP) is 5.34. The first-order valence-corrected chi connectivity index (χ1v) is 10.8. The lowest BCUT2D eigenvalue weighted by atomic mass is 9.64. The van der Waals surface area contributed by atoms with E-state index < -0.39 is 0 Å². The van der Waals surface area contributed by atoms with Crippen molar-refractivity contribution >= 4 is 0 Å². The van der Waals surface area contributed by atoms with Gasteiger partial charge < -0.3 is 17.2 Å². The molecule has 162 valence electrons. The molecule has 0 saturated carbocycles. The summed E-state index contributed by atoms with van der Waals surface area (Å²) in [5, 5.41) is 0. The molecule has 0 aliphatic heterocycles. The molecule has 0 aromatic heterocycles. The Balaban J connectivity index is 3.69. The number of rotatable bonds is 9. The summed E-state index contributed by atoms with van der Waals surface area (Å²) in [6.07, 6.45) is 2.80. The maximum absolute atomic E-state index is 6.49. The summed E-state index contributed by atoms with van der Waals surface area (Å²) in [5.41, 5.74) is 22.8. The Morgan fingerprint density at radius 2 is 1.25 bits per heavy atom. The van der Waals surface area contributed by atoms with Crippen LogP contribution in [0.5, 0.6) is 0 Å². The molecule has 0 bridgehead atoms. The fraction of sp³-hybridized carbons (Fsp3) is 0.760. The van der Waals surface area contributed by atoms with Gasteiger partial charge in [-0.3, -0.25) is 0 Å². The fourth-order valence-corrected chi connectivity index (χ4v) is 5.45. The van der Waals surface area contributed by atoms with Crippen LogP contribution in [0.4, 0.5) is 0 Å². The van der Waals surface area contributed by atoms with Crippen LogP contribution >= 0.6 is 0 Å². The first-order chi connectivity index (χ1) is 12.4. The van der Waals surface area contributed by atoms with Gasteiger partial charge in [-0.25, -0.2) is 0 Å². The van der Waals surface area contributed by atoms with Crippen molar-refractivity contribution in [2.24, 2.45) is 17.2 Å². The lowest BCUT2D eigenvalue weighted by Crippen LogP contribution is -2.43. The summed E-state index contributed by atoms with van der Waals surface area (Å²) < 4.78 is 0. The van der Waals surface area contributed by atoms with Crippen LogP contribution in [0.2, 0.25) is 0 Å². The molecule has 3 nitrogen and oxygen atoms in total. The third-order valence-corrected chi connectivity index (χ3v) is 5.55. The van der Waals surface area contributed by atoms with Crippen LogP contribution < -0.4 is 17.2 Å². The second-order valence-electron chi connectivity index (χ2n) is 12.0. The fourth-order valence-electron chi connectivity index (χ4n) is 5.45.